The number of carbonyl (C=O) groups excluding carboxylic acids is 1. The molecule has 4 nitrogen and oxygen atoms in total. The van der Waals surface area contributed by atoms with Gasteiger partial charge in [0.25, 0.3) is 0 Å². The van der Waals surface area contributed by atoms with Gasteiger partial charge >= 0.3 is 6.30 Å². The zero-order chi connectivity index (χ0) is 8.15. The molecule has 0 N–H and O–H groups in total. The Hall–Kier alpha value is -1.00. The lowest BCUT2D eigenvalue weighted by Crippen LogP contribution is -2.13. The number of nitrogens with zero attached hydrogens (tertiary/aromatic N) is 1. The van der Waals surface area contributed by atoms with Crippen LogP contribution in [0.2, 0.25) is 0 Å². The fourth-order valence-electron chi connectivity index (χ4n) is 0.428. The standard InChI is InChI=1S/C5H8FNO3/c1-4(8)2-3-5(6)7(9)10/h5H,2-3H2,1H3. The van der Waals surface area contributed by atoms with Crippen LogP contribution >= 0.6 is 0 Å². The normalized spacial score (nSPS) is 12.6. The number of alkyl halides is 1. The van der Waals surface area contributed by atoms with Crippen LogP contribution in [0.25, 0.3) is 0 Å². The van der Waals surface area contributed by atoms with Crippen molar-refractivity contribution in [1.82, 2.24) is 0 Å². The molecular weight excluding hydrogens is 141 g/mol. The highest BCUT2D eigenvalue weighted by Gasteiger charge is 2.17. The van der Waals surface area contributed by atoms with E-state index >= 15 is 0 Å². The minimum atomic E-state index is -2.09. The molecule has 0 rings (SSSR count). The van der Waals surface area contributed by atoms with Gasteiger partial charge in [-0.15, -0.1) is 0 Å². The molecule has 0 bridgehead atoms. The smallest absolute Gasteiger partial charge is 0.300 e. The Labute approximate surface area is 57.2 Å². The van der Waals surface area contributed by atoms with Gasteiger partial charge in [-0.2, -0.15) is 4.39 Å². The van der Waals surface area contributed by atoms with E-state index < -0.39 is 11.2 Å². The van der Waals surface area contributed by atoms with Crippen LogP contribution in [0.1, 0.15) is 19.8 Å². The van der Waals surface area contributed by atoms with E-state index in [1.54, 1.807) is 0 Å². The van der Waals surface area contributed by atoms with Gasteiger partial charge in [0.2, 0.25) is 0 Å². The molecule has 0 saturated heterocycles. The summed E-state index contributed by atoms with van der Waals surface area (Å²) in [6.07, 6.45) is -2.48. The van der Waals surface area contributed by atoms with Crippen LogP contribution in [0.15, 0.2) is 0 Å². The Balaban J connectivity index is 3.49. The summed E-state index contributed by atoms with van der Waals surface area (Å²) in [7, 11) is 0. The SMILES string of the molecule is CC(=O)CCC(F)[N+](=O)[O-]. The lowest BCUT2D eigenvalue weighted by atomic mass is 10.2. The van der Waals surface area contributed by atoms with Crippen molar-refractivity contribution in [2.75, 3.05) is 0 Å². The van der Waals surface area contributed by atoms with Crippen LogP contribution in [0.3, 0.4) is 0 Å². The van der Waals surface area contributed by atoms with Gasteiger partial charge in [-0.3, -0.25) is 10.1 Å². The van der Waals surface area contributed by atoms with Crippen molar-refractivity contribution in [2.45, 2.75) is 26.1 Å². The molecule has 0 aromatic rings. The average Bonchev–Trinajstić information content (AvgIpc) is 1.82. The summed E-state index contributed by atoms with van der Waals surface area (Å²) in [5.74, 6) is -0.232. The summed E-state index contributed by atoms with van der Waals surface area (Å²) in [4.78, 5) is 18.8. The molecule has 0 spiro atoms. The molecule has 0 fully saturated rings. The van der Waals surface area contributed by atoms with Gasteiger partial charge in [0.15, 0.2) is 0 Å². The van der Waals surface area contributed by atoms with E-state index in [9.17, 15) is 19.3 Å². The number of rotatable bonds is 4. The molecule has 5 heteroatoms. The largest absolute Gasteiger partial charge is 0.350 e. The van der Waals surface area contributed by atoms with Gasteiger partial charge < -0.3 is 4.79 Å². The summed E-state index contributed by atoms with van der Waals surface area (Å²) >= 11 is 0. The molecule has 0 saturated carbocycles. The van der Waals surface area contributed by atoms with E-state index in [2.05, 4.69) is 0 Å². The zero-order valence-electron chi connectivity index (χ0n) is 5.54. The topological polar surface area (TPSA) is 60.2 Å². The Morgan fingerprint density at radius 3 is 2.60 bits per heavy atom. The molecule has 1 unspecified atom stereocenters. The number of Topliss-reactive ketones (excluding diaryl/α,β-unsaturated/α-hetero) is 1. The third-order valence-electron chi connectivity index (χ3n) is 0.963. The molecule has 1 atom stereocenters. The fraction of sp³-hybridized carbons (Fsp3) is 0.800. The van der Waals surface area contributed by atoms with Crippen molar-refractivity contribution in [2.24, 2.45) is 0 Å². The highest BCUT2D eigenvalue weighted by molar-refractivity contribution is 5.75. The quantitative estimate of drug-likeness (QED) is 0.339. The first kappa shape index (κ1) is 9.00. The summed E-state index contributed by atoms with van der Waals surface area (Å²) in [5, 5.41) is 9.63. The van der Waals surface area contributed by atoms with Gasteiger partial charge in [0.1, 0.15) is 5.78 Å². The van der Waals surface area contributed by atoms with E-state index in [4.69, 9.17) is 0 Å². The predicted molar refractivity (Wildman–Crippen MR) is 31.8 cm³/mol. The maximum atomic E-state index is 12.0. The summed E-state index contributed by atoms with van der Waals surface area (Å²) < 4.78 is 12.0. The molecule has 0 radical (unpaired) electrons. The molecule has 0 aromatic heterocycles. The lowest BCUT2D eigenvalue weighted by Gasteiger charge is -1.95. The maximum Gasteiger partial charge on any atom is 0.350 e. The minimum Gasteiger partial charge on any atom is -0.300 e. The summed E-state index contributed by atoms with van der Waals surface area (Å²) in [6, 6.07) is 0. The van der Waals surface area contributed by atoms with Crippen molar-refractivity contribution in [1.29, 1.82) is 0 Å². The highest BCUT2D eigenvalue weighted by Crippen LogP contribution is 2.02. The van der Waals surface area contributed by atoms with Gasteiger partial charge in [0.05, 0.1) is 11.3 Å². The van der Waals surface area contributed by atoms with Crippen LogP contribution in [-0.2, 0) is 4.79 Å². The minimum absolute atomic E-state index is 0.0673. The second kappa shape index (κ2) is 3.92. The number of halogens is 1. The summed E-state index contributed by atoms with van der Waals surface area (Å²) in [6.45, 7) is 1.27. The second-order valence-corrected chi connectivity index (χ2v) is 1.96. The summed E-state index contributed by atoms with van der Waals surface area (Å²) in [5.41, 5.74) is 0. The van der Waals surface area contributed by atoms with Crippen LogP contribution in [0.5, 0.6) is 0 Å². The number of hydrogen-bond acceptors (Lipinski definition) is 3. The van der Waals surface area contributed by atoms with Gasteiger partial charge in [-0.1, -0.05) is 0 Å². The van der Waals surface area contributed by atoms with Crippen LogP contribution in [-0.4, -0.2) is 17.0 Å². The molecule has 0 aliphatic carbocycles. The van der Waals surface area contributed by atoms with Gasteiger partial charge in [-0.05, 0) is 6.92 Å². The van der Waals surface area contributed by atoms with Crippen molar-refractivity contribution in [3.63, 3.8) is 0 Å². The Bertz CT molecular complexity index is 148. The van der Waals surface area contributed by atoms with Crippen molar-refractivity contribution in [3.05, 3.63) is 10.1 Å². The Morgan fingerprint density at radius 2 is 2.30 bits per heavy atom. The molecule has 0 aliphatic heterocycles. The zero-order valence-corrected chi connectivity index (χ0v) is 5.54. The van der Waals surface area contributed by atoms with Crippen LogP contribution in [0, 0.1) is 10.1 Å². The van der Waals surface area contributed by atoms with Gasteiger partial charge in [-0.25, -0.2) is 0 Å². The van der Waals surface area contributed by atoms with E-state index in [1.165, 1.54) is 6.92 Å². The molecule has 0 heterocycles. The first-order chi connectivity index (χ1) is 4.54. The number of carbonyl (C=O) groups is 1. The van der Waals surface area contributed by atoms with E-state index in [-0.39, 0.29) is 18.6 Å². The monoisotopic (exact) mass is 149 g/mol. The maximum absolute atomic E-state index is 12.0. The number of hydrogen-bond donors (Lipinski definition) is 0. The van der Waals surface area contributed by atoms with Crippen molar-refractivity contribution >= 4 is 5.78 Å². The van der Waals surface area contributed by atoms with Crippen molar-refractivity contribution < 1.29 is 14.1 Å². The Morgan fingerprint density at radius 1 is 1.80 bits per heavy atom. The fourth-order valence-corrected chi connectivity index (χ4v) is 0.428. The third-order valence-corrected chi connectivity index (χ3v) is 0.963. The van der Waals surface area contributed by atoms with E-state index in [0.29, 0.717) is 0 Å². The molecular formula is C5H8FNO3. The highest BCUT2D eigenvalue weighted by atomic mass is 19.1. The van der Waals surface area contributed by atoms with Crippen LogP contribution < -0.4 is 0 Å². The molecule has 0 aliphatic rings. The molecule has 0 aromatic carbocycles. The average molecular weight is 149 g/mol. The molecule has 58 valence electrons. The Kier molecular flexibility index (Phi) is 3.53. The second-order valence-electron chi connectivity index (χ2n) is 1.96. The molecule has 0 amide bonds. The first-order valence-corrected chi connectivity index (χ1v) is 2.81. The lowest BCUT2D eigenvalue weighted by molar-refractivity contribution is -0.554. The van der Waals surface area contributed by atoms with E-state index in [1.807, 2.05) is 0 Å². The van der Waals surface area contributed by atoms with Crippen molar-refractivity contribution in [3.8, 4) is 0 Å². The van der Waals surface area contributed by atoms with Crippen LogP contribution in [0.4, 0.5) is 4.39 Å². The number of ketones is 1. The van der Waals surface area contributed by atoms with E-state index in [0.717, 1.165) is 0 Å². The van der Waals surface area contributed by atoms with Gasteiger partial charge in [0, 0.05) is 6.42 Å². The number of nitro groups is 1. The molecule has 10 heavy (non-hydrogen) atoms. The first-order valence-electron chi connectivity index (χ1n) is 2.81. The predicted octanol–water partition coefficient (Wildman–Crippen LogP) is 0.928. The third kappa shape index (κ3) is 3.94.